The highest BCUT2D eigenvalue weighted by Crippen LogP contribution is 2.29. The molecule has 0 fully saturated rings. The fourth-order valence-corrected chi connectivity index (χ4v) is 1.19. The molecule has 0 aliphatic carbocycles. The van der Waals surface area contributed by atoms with Gasteiger partial charge in [0.15, 0.2) is 11.5 Å². The molecule has 16 heavy (non-hydrogen) atoms. The lowest BCUT2D eigenvalue weighted by molar-refractivity contribution is 0.354. The van der Waals surface area contributed by atoms with Gasteiger partial charge in [0, 0.05) is 5.56 Å². The Morgan fingerprint density at radius 2 is 2.19 bits per heavy atom. The van der Waals surface area contributed by atoms with E-state index in [0.717, 1.165) is 5.56 Å². The fraction of sp³-hybridized carbons (Fsp3) is 0.200. The summed E-state index contributed by atoms with van der Waals surface area (Å²) < 4.78 is 10.3. The molecule has 0 saturated heterocycles. The van der Waals surface area contributed by atoms with Gasteiger partial charge in [-0.25, -0.2) is 5.43 Å². The van der Waals surface area contributed by atoms with Crippen LogP contribution in [0.25, 0.3) is 0 Å². The van der Waals surface area contributed by atoms with E-state index in [-0.39, 0.29) is 5.96 Å². The minimum absolute atomic E-state index is 0.224. The van der Waals surface area contributed by atoms with Gasteiger partial charge in [0.25, 0.3) is 0 Å². The molecular formula is C10H14N4O2. The van der Waals surface area contributed by atoms with Crippen LogP contribution in [-0.4, -0.2) is 26.4 Å². The molecule has 0 spiro atoms. The van der Waals surface area contributed by atoms with Crippen LogP contribution in [0.2, 0.25) is 0 Å². The van der Waals surface area contributed by atoms with Gasteiger partial charge in [0.05, 0.1) is 20.4 Å². The SMILES string of the molecule is COc1cccc(/C=N/NC(=N)N)c1OC. The van der Waals surface area contributed by atoms with Crippen molar-refractivity contribution >= 4 is 12.2 Å². The minimum Gasteiger partial charge on any atom is -0.493 e. The quantitative estimate of drug-likeness (QED) is 0.393. The molecule has 1 aromatic carbocycles. The lowest BCUT2D eigenvalue weighted by Crippen LogP contribution is -2.25. The lowest BCUT2D eigenvalue weighted by atomic mass is 10.2. The maximum atomic E-state index is 6.93. The van der Waals surface area contributed by atoms with Gasteiger partial charge in [-0.2, -0.15) is 5.10 Å². The standard InChI is InChI=1S/C10H14N4O2/c1-15-8-5-3-4-7(9(8)16-2)6-13-14-10(11)12/h3-6H,1-2H3,(H4,11,12,14)/b13-6+. The Balaban J connectivity index is 2.94. The van der Waals surface area contributed by atoms with Crippen molar-refractivity contribution in [3.8, 4) is 11.5 Å². The highest BCUT2D eigenvalue weighted by atomic mass is 16.5. The number of para-hydroxylation sites is 1. The lowest BCUT2D eigenvalue weighted by Gasteiger charge is -2.09. The largest absolute Gasteiger partial charge is 0.493 e. The number of guanidine groups is 1. The first-order chi connectivity index (χ1) is 7.69. The first kappa shape index (κ1) is 11.8. The molecule has 0 aliphatic rings. The number of methoxy groups -OCH3 is 2. The first-order valence-electron chi connectivity index (χ1n) is 4.53. The molecule has 0 saturated carbocycles. The second-order valence-corrected chi connectivity index (χ2v) is 2.87. The van der Waals surface area contributed by atoms with Crippen molar-refractivity contribution in [2.24, 2.45) is 10.8 Å². The van der Waals surface area contributed by atoms with Crippen LogP contribution in [0.5, 0.6) is 11.5 Å². The van der Waals surface area contributed by atoms with Crippen LogP contribution in [0.4, 0.5) is 0 Å². The van der Waals surface area contributed by atoms with Crippen molar-refractivity contribution < 1.29 is 9.47 Å². The van der Waals surface area contributed by atoms with Gasteiger partial charge in [-0.1, -0.05) is 6.07 Å². The topological polar surface area (TPSA) is 92.7 Å². The zero-order chi connectivity index (χ0) is 12.0. The summed E-state index contributed by atoms with van der Waals surface area (Å²) in [6, 6.07) is 5.41. The molecule has 0 amide bonds. The van der Waals surface area contributed by atoms with Crippen molar-refractivity contribution in [1.29, 1.82) is 5.41 Å². The Labute approximate surface area is 93.6 Å². The van der Waals surface area contributed by atoms with Crippen LogP contribution >= 0.6 is 0 Å². The Kier molecular flexibility index (Phi) is 4.14. The zero-order valence-electron chi connectivity index (χ0n) is 9.15. The number of nitrogens with one attached hydrogen (secondary N) is 2. The normalized spacial score (nSPS) is 10.1. The summed E-state index contributed by atoms with van der Waals surface area (Å²) in [5.41, 5.74) is 8.13. The Bertz CT molecular complexity index is 404. The number of ether oxygens (including phenoxy) is 2. The Morgan fingerprint density at radius 3 is 2.75 bits per heavy atom. The molecule has 0 radical (unpaired) electrons. The summed E-state index contributed by atoms with van der Waals surface area (Å²) >= 11 is 0. The number of hydrogen-bond donors (Lipinski definition) is 3. The van der Waals surface area contributed by atoms with Gasteiger partial charge in [-0.15, -0.1) is 0 Å². The Morgan fingerprint density at radius 1 is 1.44 bits per heavy atom. The van der Waals surface area contributed by atoms with E-state index in [4.69, 9.17) is 20.6 Å². The summed E-state index contributed by atoms with van der Waals surface area (Å²) in [5, 5.41) is 10.7. The second kappa shape index (κ2) is 5.59. The van der Waals surface area contributed by atoms with E-state index in [1.165, 1.54) is 6.21 Å². The van der Waals surface area contributed by atoms with Crippen LogP contribution in [0.3, 0.4) is 0 Å². The average molecular weight is 222 g/mol. The van der Waals surface area contributed by atoms with Crippen LogP contribution < -0.4 is 20.6 Å². The molecule has 0 unspecified atom stereocenters. The maximum Gasteiger partial charge on any atom is 0.206 e. The van der Waals surface area contributed by atoms with E-state index in [9.17, 15) is 0 Å². The van der Waals surface area contributed by atoms with Gasteiger partial charge >= 0.3 is 0 Å². The van der Waals surface area contributed by atoms with Crippen LogP contribution in [0.15, 0.2) is 23.3 Å². The fourth-order valence-electron chi connectivity index (χ4n) is 1.19. The highest BCUT2D eigenvalue weighted by Gasteiger charge is 2.06. The number of hydrazone groups is 1. The molecule has 4 N–H and O–H groups in total. The number of benzene rings is 1. The monoisotopic (exact) mass is 222 g/mol. The first-order valence-corrected chi connectivity index (χ1v) is 4.53. The summed E-state index contributed by atoms with van der Waals surface area (Å²) in [6.45, 7) is 0. The molecule has 1 rings (SSSR count). The third-order valence-corrected chi connectivity index (χ3v) is 1.82. The van der Waals surface area contributed by atoms with Gasteiger partial charge in [-0.05, 0) is 12.1 Å². The molecule has 1 aromatic rings. The Hall–Kier alpha value is -2.24. The van der Waals surface area contributed by atoms with Gasteiger partial charge in [-0.3, -0.25) is 5.41 Å². The summed E-state index contributed by atoms with van der Waals surface area (Å²) in [5.74, 6) is 0.978. The highest BCUT2D eigenvalue weighted by molar-refractivity contribution is 5.86. The van der Waals surface area contributed by atoms with E-state index in [0.29, 0.717) is 11.5 Å². The summed E-state index contributed by atoms with van der Waals surface area (Å²) in [7, 11) is 3.11. The van der Waals surface area contributed by atoms with E-state index in [2.05, 4.69) is 10.5 Å². The van der Waals surface area contributed by atoms with Crippen LogP contribution in [-0.2, 0) is 0 Å². The molecule has 0 atom stereocenters. The third kappa shape index (κ3) is 2.88. The van der Waals surface area contributed by atoms with E-state index in [1.807, 2.05) is 12.1 Å². The third-order valence-electron chi connectivity index (χ3n) is 1.82. The molecule has 6 heteroatoms. The van der Waals surface area contributed by atoms with Crippen molar-refractivity contribution in [3.63, 3.8) is 0 Å². The van der Waals surface area contributed by atoms with Crippen molar-refractivity contribution in [1.82, 2.24) is 5.43 Å². The van der Waals surface area contributed by atoms with E-state index in [1.54, 1.807) is 20.3 Å². The maximum absolute atomic E-state index is 6.93. The molecule has 0 aromatic heterocycles. The molecule has 0 aliphatic heterocycles. The van der Waals surface area contributed by atoms with Gasteiger partial charge < -0.3 is 15.2 Å². The van der Waals surface area contributed by atoms with Crippen molar-refractivity contribution in [3.05, 3.63) is 23.8 Å². The van der Waals surface area contributed by atoms with E-state index < -0.39 is 0 Å². The predicted octanol–water partition coefficient (Wildman–Crippen LogP) is 0.521. The van der Waals surface area contributed by atoms with Crippen molar-refractivity contribution in [2.75, 3.05) is 14.2 Å². The number of hydrogen-bond acceptors (Lipinski definition) is 4. The number of rotatable bonds is 4. The van der Waals surface area contributed by atoms with Crippen LogP contribution in [0.1, 0.15) is 5.56 Å². The minimum atomic E-state index is -0.224. The molecule has 0 heterocycles. The zero-order valence-corrected chi connectivity index (χ0v) is 9.15. The predicted molar refractivity (Wildman–Crippen MR) is 62.2 cm³/mol. The molecule has 0 bridgehead atoms. The second-order valence-electron chi connectivity index (χ2n) is 2.87. The number of nitrogens with zero attached hydrogens (tertiary/aromatic N) is 1. The van der Waals surface area contributed by atoms with E-state index >= 15 is 0 Å². The van der Waals surface area contributed by atoms with Crippen molar-refractivity contribution in [2.45, 2.75) is 0 Å². The van der Waals surface area contributed by atoms with Gasteiger partial charge in [0.2, 0.25) is 5.96 Å². The summed E-state index contributed by atoms with van der Waals surface area (Å²) in [6.07, 6.45) is 1.50. The summed E-state index contributed by atoms with van der Waals surface area (Å²) in [4.78, 5) is 0. The molecular weight excluding hydrogens is 208 g/mol. The molecule has 86 valence electrons. The average Bonchev–Trinajstić information content (AvgIpc) is 2.28. The molecule has 6 nitrogen and oxygen atoms in total. The smallest absolute Gasteiger partial charge is 0.206 e. The van der Waals surface area contributed by atoms with Crippen LogP contribution in [0, 0.1) is 5.41 Å². The van der Waals surface area contributed by atoms with Gasteiger partial charge in [0.1, 0.15) is 0 Å². The number of nitrogens with two attached hydrogens (primary N) is 1.